The third-order valence-electron chi connectivity index (χ3n) is 7.04. The van der Waals surface area contributed by atoms with E-state index in [-0.39, 0.29) is 65.7 Å². The second kappa shape index (κ2) is 9.01. The maximum atomic E-state index is 16.0. The van der Waals surface area contributed by atoms with Crippen molar-refractivity contribution in [1.29, 1.82) is 0 Å². The van der Waals surface area contributed by atoms with Crippen LogP contribution < -0.4 is 9.64 Å². The number of pyridine rings is 2. The van der Waals surface area contributed by atoms with E-state index >= 15 is 4.39 Å². The molecule has 5 heterocycles. The van der Waals surface area contributed by atoms with E-state index in [0.717, 1.165) is 0 Å². The lowest BCUT2D eigenvalue weighted by Crippen LogP contribution is -2.57. The number of amides is 2. The number of carbonyl (C=O) groups excluding carboxylic acids is 2. The predicted octanol–water partition coefficient (Wildman–Crippen LogP) is 2.52. The van der Waals surface area contributed by atoms with Crippen molar-refractivity contribution < 1.29 is 23.8 Å². The molecule has 0 saturated carbocycles. The Morgan fingerprint density at radius 2 is 2.11 bits per heavy atom. The van der Waals surface area contributed by atoms with Gasteiger partial charge in [-0.05, 0) is 38.5 Å². The van der Waals surface area contributed by atoms with Crippen LogP contribution in [0.3, 0.4) is 0 Å². The number of hydrogen-bond donors (Lipinski definition) is 1. The number of hydrogen-bond acceptors (Lipinski definition) is 7. The molecule has 2 unspecified atom stereocenters. The number of aliphatic hydroxyl groups excluding tert-OH is 1. The first-order valence-electron chi connectivity index (χ1n) is 11.8. The van der Waals surface area contributed by atoms with Crippen LogP contribution in [0.5, 0.6) is 5.75 Å². The Kier molecular flexibility index (Phi) is 6.12. The van der Waals surface area contributed by atoms with Gasteiger partial charge < -0.3 is 24.5 Å². The van der Waals surface area contributed by atoms with Crippen molar-refractivity contribution in [3.8, 4) is 17.1 Å². The van der Waals surface area contributed by atoms with Crippen molar-refractivity contribution in [3.05, 3.63) is 47.4 Å². The Hall–Kier alpha value is -3.24. The van der Waals surface area contributed by atoms with E-state index in [1.54, 1.807) is 21.9 Å². The van der Waals surface area contributed by atoms with Gasteiger partial charge >= 0.3 is 0 Å². The first-order chi connectivity index (χ1) is 17.1. The molecule has 3 aliphatic heterocycles. The largest absolute Gasteiger partial charge is 0.487 e. The highest BCUT2D eigenvalue weighted by atomic mass is 35.5. The van der Waals surface area contributed by atoms with E-state index in [9.17, 15) is 14.7 Å². The molecular weight excluding hydrogens is 489 g/mol. The first kappa shape index (κ1) is 24.5. The Labute approximate surface area is 213 Å². The Morgan fingerprint density at radius 3 is 2.78 bits per heavy atom. The van der Waals surface area contributed by atoms with Crippen molar-refractivity contribution >= 4 is 29.2 Å². The highest BCUT2D eigenvalue weighted by molar-refractivity contribution is 6.33. The maximum Gasteiger partial charge on any atom is 0.262 e. The molecule has 2 amide bonds. The molecule has 0 aromatic carbocycles. The molecule has 0 radical (unpaired) electrons. The smallest absolute Gasteiger partial charge is 0.262 e. The summed E-state index contributed by atoms with van der Waals surface area (Å²) < 4.78 is 22.0. The molecule has 1 N–H and O–H groups in total. The van der Waals surface area contributed by atoms with Gasteiger partial charge in [0.05, 0.1) is 17.2 Å². The summed E-state index contributed by atoms with van der Waals surface area (Å²) in [7, 11) is 0. The van der Waals surface area contributed by atoms with E-state index in [2.05, 4.69) is 16.5 Å². The zero-order chi connectivity index (χ0) is 25.8. The van der Waals surface area contributed by atoms with Crippen LogP contribution in [0.25, 0.3) is 11.4 Å². The number of halogens is 2. The lowest BCUT2D eigenvalue weighted by atomic mass is 10.00. The summed E-state index contributed by atoms with van der Waals surface area (Å²) in [5.41, 5.74) is -0.581. The fraction of sp³-hybridized carbons (Fsp3) is 0.440. The van der Waals surface area contributed by atoms with Crippen LogP contribution >= 0.6 is 11.6 Å². The van der Waals surface area contributed by atoms with Crippen molar-refractivity contribution in [2.24, 2.45) is 0 Å². The van der Waals surface area contributed by atoms with Crippen LogP contribution in [-0.4, -0.2) is 87.2 Å². The van der Waals surface area contributed by atoms with Crippen LogP contribution in [0.4, 0.5) is 10.2 Å². The van der Waals surface area contributed by atoms with Gasteiger partial charge in [-0.1, -0.05) is 18.2 Å². The first-order valence-corrected chi connectivity index (χ1v) is 12.2. The average molecular weight is 516 g/mol. The minimum Gasteiger partial charge on any atom is -0.487 e. The van der Waals surface area contributed by atoms with Crippen molar-refractivity contribution in [1.82, 2.24) is 19.8 Å². The number of fused-ring (bicyclic) bond motifs is 2. The summed E-state index contributed by atoms with van der Waals surface area (Å²) in [6.07, 6.45) is 2.51. The maximum absolute atomic E-state index is 16.0. The number of anilines is 1. The molecule has 9 nitrogen and oxygen atoms in total. The van der Waals surface area contributed by atoms with Gasteiger partial charge in [0.25, 0.3) is 5.91 Å². The molecule has 2 saturated heterocycles. The molecule has 190 valence electrons. The summed E-state index contributed by atoms with van der Waals surface area (Å²) in [6.45, 7) is 8.41. The lowest BCUT2D eigenvalue weighted by Gasteiger charge is -2.40. The van der Waals surface area contributed by atoms with Crippen LogP contribution in [0, 0.1) is 5.82 Å². The number of ether oxygens (including phenoxy) is 1. The summed E-state index contributed by atoms with van der Waals surface area (Å²) in [4.78, 5) is 40.0. The Morgan fingerprint density at radius 1 is 1.33 bits per heavy atom. The standard InChI is InChI=1S/C25H27ClFN5O4/c1-4-17(34)30-8-9-31-14(11-30)13-36-22-18(24(31)35)23(32-12-15(33)10-25(32,2)3)29-21(19(22)27)20-16(26)6-5-7-28-20/h4-7,14-15,33H,1,8-13H2,2-3H3. The van der Waals surface area contributed by atoms with Gasteiger partial charge in [-0.2, -0.15) is 0 Å². The Bertz CT molecular complexity index is 1260. The fourth-order valence-electron chi connectivity index (χ4n) is 5.27. The number of β-amino-alcohol motifs (C(OH)–C–C–N with tert-alkyl or cyclic N) is 1. The average Bonchev–Trinajstić information content (AvgIpc) is 3.04. The third kappa shape index (κ3) is 3.98. The predicted molar refractivity (Wildman–Crippen MR) is 132 cm³/mol. The molecule has 5 rings (SSSR count). The van der Waals surface area contributed by atoms with Crippen molar-refractivity contribution in [2.75, 3.05) is 37.7 Å². The quantitative estimate of drug-likeness (QED) is 0.627. The minimum atomic E-state index is -0.834. The number of carbonyl (C=O) groups is 2. The zero-order valence-electron chi connectivity index (χ0n) is 20.1. The molecule has 3 aliphatic rings. The van der Waals surface area contributed by atoms with Crippen molar-refractivity contribution in [2.45, 2.75) is 38.0 Å². The van der Waals surface area contributed by atoms with E-state index < -0.39 is 29.4 Å². The normalized spacial score (nSPS) is 23.0. The van der Waals surface area contributed by atoms with Gasteiger partial charge in [-0.25, -0.2) is 9.37 Å². The monoisotopic (exact) mass is 515 g/mol. The van der Waals surface area contributed by atoms with Crippen LogP contribution in [0.15, 0.2) is 31.0 Å². The minimum absolute atomic E-state index is 0.00326. The number of piperazine rings is 1. The van der Waals surface area contributed by atoms with Gasteiger partial charge in [0.15, 0.2) is 11.6 Å². The molecule has 0 aliphatic carbocycles. The van der Waals surface area contributed by atoms with Gasteiger partial charge in [-0.15, -0.1) is 0 Å². The third-order valence-corrected chi connectivity index (χ3v) is 7.34. The molecule has 0 spiro atoms. The summed E-state index contributed by atoms with van der Waals surface area (Å²) >= 11 is 6.34. The molecule has 2 atom stereocenters. The summed E-state index contributed by atoms with van der Waals surface area (Å²) in [5, 5.41) is 10.7. The SMILES string of the molecule is C=CC(=O)N1CCN2C(=O)c3c(N4CC(O)CC4(C)C)nc(-c4ncccc4Cl)c(F)c3OCC2C1. The van der Waals surface area contributed by atoms with Crippen LogP contribution in [-0.2, 0) is 4.79 Å². The molecule has 36 heavy (non-hydrogen) atoms. The van der Waals surface area contributed by atoms with E-state index in [1.807, 2.05) is 18.7 Å². The van der Waals surface area contributed by atoms with E-state index in [4.69, 9.17) is 16.3 Å². The van der Waals surface area contributed by atoms with E-state index in [1.165, 1.54) is 12.3 Å². The van der Waals surface area contributed by atoms with E-state index in [0.29, 0.717) is 13.0 Å². The van der Waals surface area contributed by atoms with Gasteiger partial charge in [-0.3, -0.25) is 14.6 Å². The topological polar surface area (TPSA) is 99.1 Å². The Balaban J connectivity index is 1.68. The zero-order valence-corrected chi connectivity index (χ0v) is 20.8. The number of aromatic nitrogens is 2. The molecular formula is C25H27ClFN5O4. The van der Waals surface area contributed by atoms with Crippen molar-refractivity contribution in [3.63, 3.8) is 0 Å². The molecule has 11 heteroatoms. The van der Waals surface area contributed by atoms with Gasteiger partial charge in [0.2, 0.25) is 5.91 Å². The molecule has 2 aromatic heterocycles. The van der Waals surface area contributed by atoms with Gasteiger partial charge in [0.1, 0.15) is 29.4 Å². The highest BCUT2D eigenvalue weighted by Crippen LogP contribution is 2.44. The summed E-state index contributed by atoms with van der Waals surface area (Å²) in [5.74, 6) is -1.53. The molecule has 0 bridgehead atoms. The second-order valence-corrected chi connectivity index (χ2v) is 10.3. The lowest BCUT2D eigenvalue weighted by molar-refractivity contribution is -0.128. The molecule has 2 fully saturated rings. The second-order valence-electron chi connectivity index (χ2n) is 9.87. The molecule has 2 aromatic rings. The number of aliphatic hydroxyl groups is 1. The highest BCUT2D eigenvalue weighted by Gasteiger charge is 2.45. The number of nitrogens with zero attached hydrogens (tertiary/aromatic N) is 5. The van der Waals surface area contributed by atoms with Crippen LogP contribution in [0.1, 0.15) is 30.6 Å². The summed E-state index contributed by atoms with van der Waals surface area (Å²) in [6, 6.07) is 2.73. The number of rotatable bonds is 3. The van der Waals surface area contributed by atoms with Crippen LogP contribution in [0.2, 0.25) is 5.02 Å². The fourth-order valence-corrected chi connectivity index (χ4v) is 5.48. The van der Waals surface area contributed by atoms with Gasteiger partial charge in [0, 0.05) is 37.9 Å².